The summed E-state index contributed by atoms with van der Waals surface area (Å²) in [6.07, 6.45) is 0. The average molecular weight is 287 g/mol. The number of rotatable bonds is 2. The van der Waals surface area contributed by atoms with E-state index < -0.39 is 0 Å². The molecule has 0 bridgehead atoms. The van der Waals surface area contributed by atoms with E-state index in [0.29, 0.717) is 11.1 Å². The van der Waals surface area contributed by atoms with E-state index >= 15 is 0 Å². The lowest BCUT2D eigenvalue weighted by Gasteiger charge is -2.06. The molecular weight excluding hydrogens is 274 g/mol. The van der Waals surface area contributed by atoms with E-state index in [0.717, 1.165) is 21.9 Å². The molecule has 0 saturated carbocycles. The zero-order valence-electron chi connectivity index (χ0n) is 12.0. The van der Waals surface area contributed by atoms with Crippen molar-refractivity contribution in [1.29, 1.82) is 5.26 Å². The highest BCUT2D eigenvalue weighted by Gasteiger charge is 2.06. The molecule has 0 saturated heterocycles. The standard InChI is InChI=1S/C19H13NO2/c1-22-19(21)15-6-4-14(5-7-15)17-9-8-16-10-13(12-20)2-3-18(16)11-17/h2-11H,1H3. The number of ether oxygens (including phenoxy) is 1. The van der Waals surface area contributed by atoms with E-state index in [-0.39, 0.29) is 5.97 Å². The van der Waals surface area contributed by atoms with Gasteiger partial charge in [0.05, 0.1) is 24.3 Å². The van der Waals surface area contributed by atoms with Crippen LogP contribution in [0.25, 0.3) is 21.9 Å². The Kier molecular flexibility index (Phi) is 3.59. The third-order valence-electron chi connectivity index (χ3n) is 3.61. The maximum absolute atomic E-state index is 11.4. The quantitative estimate of drug-likeness (QED) is 0.665. The van der Waals surface area contributed by atoms with Gasteiger partial charge in [-0.3, -0.25) is 0 Å². The molecule has 0 aliphatic heterocycles. The molecule has 0 aromatic heterocycles. The monoisotopic (exact) mass is 287 g/mol. The molecule has 0 spiro atoms. The predicted molar refractivity (Wildman–Crippen MR) is 85.4 cm³/mol. The molecule has 0 unspecified atom stereocenters. The van der Waals surface area contributed by atoms with Gasteiger partial charge < -0.3 is 4.74 Å². The molecule has 3 rings (SSSR count). The van der Waals surface area contributed by atoms with Gasteiger partial charge in [-0.15, -0.1) is 0 Å². The zero-order valence-corrected chi connectivity index (χ0v) is 12.0. The van der Waals surface area contributed by atoms with Crippen molar-refractivity contribution in [1.82, 2.24) is 0 Å². The first kappa shape index (κ1) is 13.8. The molecule has 0 aliphatic carbocycles. The first-order valence-corrected chi connectivity index (χ1v) is 6.84. The van der Waals surface area contributed by atoms with E-state index in [4.69, 9.17) is 10.00 Å². The number of nitriles is 1. The minimum absolute atomic E-state index is 0.339. The van der Waals surface area contributed by atoms with Crippen molar-refractivity contribution >= 4 is 16.7 Å². The van der Waals surface area contributed by atoms with Crippen LogP contribution in [0.5, 0.6) is 0 Å². The lowest BCUT2D eigenvalue weighted by molar-refractivity contribution is 0.0601. The van der Waals surface area contributed by atoms with Crippen molar-refractivity contribution in [2.45, 2.75) is 0 Å². The van der Waals surface area contributed by atoms with Crippen LogP contribution in [0.1, 0.15) is 15.9 Å². The fourth-order valence-corrected chi connectivity index (χ4v) is 2.41. The normalized spacial score (nSPS) is 10.2. The van der Waals surface area contributed by atoms with Gasteiger partial charge in [0.1, 0.15) is 0 Å². The van der Waals surface area contributed by atoms with Crippen LogP contribution in [-0.2, 0) is 4.74 Å². The van der Waals surface area contributed by atoms with Crippen molar-refractivity contribution in [2.24, 2.45) is 0 Å². The highest BCUT2D eigenvalue weighted by atomic mass is 16.5. The molecule has 0 aliphatic rings. The lowest BCUT2D eigenvalue weighted by Crippen LogP contribution is -2.00. The number of carbonyl (C=O) groups is 1. The highest BCUT2D eigenvalue weighted by molar-refractivity contribution is 5.91. The Morgan fingerprint density at radius 1 is 0.909 bits per heavy atom. The number of nitrogens with zero attached hydrogens (tertiary/aromatic N) is 1. The van der Waals surface area contributed by atoms with Crippen LogP contribution in [0.3, 0.4) is 0 Å². The Bertz CT molecular complexity index is 889. The number of methoxy groups -OCH3 is 1. The minimum Gasteiger partial charge on any atom is -0.465 e. The largest absolute Gasteiger partial charge is 0.465 e. The van der Waals surface area contributed by atoms with Crippen molar-refractivity contribution in [2.75, 3.05) is 7.11 Å². The van der Waals surface area contributed by atoms with Gasteiger partial charge in [0, 0.05) is 0 Å². The molecule has 0 atom stereocenters. The second-order valence-electron chi connectivity index (χ2n) is 4.96. The molecule has 106 valence electrons. The summed E-state index contributed by atoms with van der Waals surface area (Å²) in [5.74, 6) is -0.339. The van der Waals surface area contributed by atoms with Crippen LogP contribution in [-0.4, -0.2) is 13.1 Å². The van der Waals surface area contributed by atoms with E-state index in [1.54, 1.807) is 12.1 Å². The molecule has 3 heteroatoms. The van der Waals surface area contributed by atoms with Gasteiger partial charge in [-0.05, 0) is 52.2 Å². The van der Waals surface area contributed by atoms with Gasteiger partial charge in [-0.1, -0.05) is 30.3 Å². The molecule has 0 amide bonds. The Hall–Kier alpha value is -3.12. The second-order valence-corrected chi connectivity index (χ2v) is 4.96. The first-order chi connectivity index (χ1) is 10.7. The zero-order chi connectivity index (χ0) is 15.5. The molecule has 0 heterocycles. The number of carbonyl (C=O) groups excluding carboxylic acids is 1. The summed E-state index contributed by atoms with van der Waals surface area (Å²) in [6, 6.07) is 21.2. The second kappa shape index (κ2) is 5.71. The molecule has 3 nitrogen and oxygen atoms in total. The van der Waals surface area contributed by atoms with Gasteiger partial charge in [0.15, 0.2) is 0 Å². The molecule has 3 aromatic rings. The summed E-state index contributed by atoms with van der Waals surface area (Å²) < 4.78 is 4.70. The van der Waals surface area contributed by atoms with Gasteiger partial charge in [0.25, 0.3) is 0 Å². The Balaban J connectivity index is 2.00. The molecule has 0 radical (unpaired) electrons. The summed E-state index contributed by atoms with van der Waals surface area (Å²) in [5.41, 5.74) is 3.28. The fourth-order valence-electron chi connectivity index (χ4n) is 2.41. The summed E-state index contributed by atoms with van der Waals surface area (Å²) in [6.45, 7) is 0. The molecule has 0 N–H and O–H groups in total. The van der Waals surface area contributed by atoms with Crippen LogP contribution in [0.2, 0.25) is 0 Å². The lowest BCUT2D eigenvalue weighted by atomic mass is 9.99. The van der Waals surface area contributed by atoms with Crippen molar-refractivity contribution in [3.8, 4) is 17.2 Å². The molecule has 3 aromatic carbocycles. The van der Waals surface area contributed by atoms with E-state index in [1.165, 1.54) is 7.11 Å². The summed E-state index contributed by atoms with van der Waals surface area (Å²) >= 11 is 0. The number of esters is 1. The topological polar surface area (TPSA) is 50.1 Å². The maximum atomic E-state index is 11.4. The minimum atomic E-state index is -0.339. The number of fused-ring (bicyclic) bond motifs is 1. The van der Waals surface area contributed by atoms with Crippen LogP contribution >= 0.6 is 0 Å². The molecule has 0 fully saturated rings. The highest BCUT2D eigenvalue weighted by Crippen LogP contribution is 2.25. The Labute approximate surface area is 128 Å². The van der Waals surface area contributed by atoms with Gasteiger partial charge in [0.2, 0.25) is 0 Å². The predicted octanol–water partition coefficient (Wildman–Crippen LogP) is 4.17. The van der Waals surface area contributed by atoms with E-state index in [1.807, 2.05) is 42.5 Å². The Morgan fingerprint density at radius 2 is 1.55 bits per heavy atom. The van der Waals surface area contributed by atoms with Gasteiger partial charge in [-0.2, -0.15) is 5.26 Å². The van der Waals surface area contributed by atoms with E-state index in [2.05, 4.69) is 12.1 Å². The fraction of sp³-hybridized carbons (Fsp3) is 0.0526. The van der Waals surface area contributed by atoms with E-state index in [9.17, 15) is 4.79 Å². The maximum Gasteiger partial charge on any atom is 0.337 e. The first-order valence-electron chi connectivity index (χ1n) is 6.84. The average Bonchev–Trinajstić information content (AvgIpc) is 2.60. The van der Waals surface area contributed by atoms with Gasteiger partial charge >= 0.3 is 5.97 Å². The number of benzene rings is 3. The summed E-state index contributed by atoms with van der Waals surface area (Å²) in [4.78, 5) is 11.4. The van der Waals surface area contributed by atoms with Crippen molar-refractivity contribution in [3.63, 3.8) is 0 Å². The number of hydrogen-bond acceptors (Lipinski definition) is 3. The smallest absolute Gasteiger partial charge is 0.337 e. The van der Waals surface area contributed by atoms with Crippen LogP contribution in [0.15, 0.2) is 60.7 Å². The third-order valence-corrected chi connectivity index (χ3v) is 3.61. The van der Waals surface area contributed by atoms with Gasteiger partial charge in [-0.25, -0.2) is 4.79 Å². The van der Waals surface area contributed by atoms with Crippen molar-refractivity contribution < 1.29 is 9.53 Å². The van der Waals surface area contributed by atoms with Crippen molar-refractivity contribution in [3.05, 3.63) is 71.8 Å². The number of hydrogen-bond donors (Lipinski definition) is 0. The third kappa shape index (κ3) is 2.55. The van der Waals surface area contributed by atoms with Crippen LogP contribution in [0, 0.1) is 11.3 Å². The van der Waals surface area contributed by atoms with Crippen LogP contribution in [0.4, 0.5) is 0 Å². The Morgan fingerprint density at radius 3 is 2.23 bits per heavy atom. The van der Waals surface area contributed by atoms with Crippen LogP contribution < -0.4 is 0 Å². The molecule has 22 heavy (non-hydrogen) atoms. The summed E-state index contributed by atoms with van der Waals surface area (Å²) in [5, 5.41) is 11.0. The SMILES string of the molecule is COC(=O)c1ccc(-c2ccc3cc(C#N)ccc3c2)cc1. The molecular formula is C19H13NO2. The summed E-state index contributed by atoms with van der Waals surface area (Å²) in [7, 11) is 1.37.